The maximum atomic E-state index is 12.2. The van der Waals surface area contributed by atoms with Crippen molar-refractivity contribution in [1.29, 1.82) is 0 Å². The summed E-state index contributed by atoms with van der Waals surface area (Å²) in [6.45, 7) is 7.63. The largest absolute Gasteiger partial charge is 0.496 e. The molecule has 6 heteroatoms. The zero-order valence-electron chi connectivity index (χ0n) is 14.1. The maximum Gasteiger partial charge on any atom is 0.243 e. The van der Waals surface area contributed by atoms with Crippen molar-refractivity contribution in [1.82, 2.24) is 10.5 Å². The number of nitrogens with one attached hydrogen (secondary N) is 2. The number of aromatic nitrogens is 1. The van der Waals surface area contributed by atoms with Crippen LogP contribution in [0, 0.1) is 13.8 Å². The highest BCUT2D eigenvalue weighted by Gasteiger charge is 2.19. The van der Waals surface area contributed by atoms with E-state index in [1.165, 1.54) is 0 Å². The molecule has 2 atom stereocenters. The quantitative estimate of drug-likeness (QED) is 0.856. The lowest BCUT2D eigenvalue weighted by Crippen LogP contribution is -2.39. The molecule has 23 heavy (non-hydrogen) atoms. The molecule has 1 heterocycles. The molecule has 0 radical (unpaired) electrons. The number of hydrogen-bond acceptors (Lipinski definition) is 5. The first-order valence-electron chi connectivity index (χ1n) is 7.55. The lowest BCUT2D eigenvalue weighted by molar-refractivity contribution is -0.118. The van der Waals surface area contributed by atoms with Crippen LogP contribution in [0.25, 0.3) is 0 Å². The predicted molar refractivity (Wildman–Crippen MR) is 88.6 cm³/mol. The van der Waals surface area contributed by atoms with Gasteiger partial charge >= 0.3 is 0 Å². The summed E-state index contributed by atoms with van der Waals surface area (Å²) in [4.78, 5) is 12.2. The number of benzene rings is 1. The molecule has 0 bridgehead atoms. The van der Waals surface area contributed by atoms with Gasteiger partial charge in [0.2, 0.25) is 11.8 Å². The van der Waals surface area contributed by atoms with Gasteiger partial charge in [0.1, 0.15) is 5.75 Å². The van der Waals surface area contributed by atoms with Crippen molar-refractivity contribution >= 4 is 11.8 Å². The Kier molecular flexibility index (Phi) is 5.39. The third kappa shape index (κ3) is 4.32. The molecule has 0 saturated carbocycles. The lowest BCUT2D eigenvalue weighted by Gasteiger charge is -2.21. The van der Waals surface area contributed by atoms with Crippen LogP contribution in [-0.2, 0) is 4.79 Å². The van der Waals surface area contributed by atoms with Crippen LogP contribution in [-0.4, -0.2) is 24.2 Å². The molecule has 2 rings (SSSR count). The summed E-state index contributed by atoms with van der Waals surface area (Å²) in [5.74, 6) is 0.968. The average Bonchev–Trinajstić information content (AvgIpc) is 2.92. The highest BCUT2D eigenvalue weighted by molar-refractivity contribution is 5.93. The molecule has 0 unspecified atom stereocenters. The third-order valence-corrected chi connectivity index (χ3v) is 3.62. The Morgan fingerprint density at radius 3 is 2.61 bits per heavy atom. The Morgan fingerprint density at radius 2 is 2.00 bits per heavy atom. The van der Waals surface area contributed by atoms with E-state index in [9.17, 15) is 4.79 Å². The van der Waals surface area contributed by atoms with Gasteiger partial charge in [-0.2, -0.15) is 0 Å². The second-order valence-electron chi connectivity index (χ2n) is 5.68. The van der Waals surface area contributed by atoms with Gasteiger partial charge in [0, 0.05) is 17.7 Å². The Labute approximate surface area is 136 Å². The van der Waals surface area contributed by atoms with Gasteiger partial charge in [-0.15, -0.1) is 0 Å². The summed E-state index contributed by atoms with van der Waals surface area (Å²) in [5, 5.41) is 9.71. The van der Waals surface area contributed by atoms with Gasteiger partial charge in [0.25, 0.3) is 0 Å². The van der Waals surface area contributed by atoms with E-state index in [2.05, 4.69) is 21.9 Å². The Bertz CT molecular complexity index is 681. The number of nitrogens with zero attached hydrogens (tertiary/aromatic N) is 1. The van der Waals surface area contributed by atoms with Crippen molar-refractivity contribution in [2.24, 2.45) is 0 Å². The Hall–Kier alpha value is -2.34. The van der Waals surface area contributed by atoms with Crippen LogP contribution in [0.3, 0.4) is 0 Å². The molecule has 0 aliphatic heterocycles. The number of methoxy groups -OCH3 is 1. The molecular weight excluding hydrogens is 294 g/mol. The number of aryl methyl sites for hydroxylation is 2. The number of carbonyl (C=O) groups excluding carboxylic acids is 1. The lowest BCUT2D eigenvalue weighted by atomic mass is 10.0. The molecule has 6 nitrogen and oxygen atoms in total. The summed E-state index contributed by atoms with van der Waals surface area (Å²) in [6, 6.07) is 7.23. The summed E-state index contributed by atoms with van der Waals surface area (Å²) < 4.78 is 10.4. The molecule has 2 aromatic rings. The number of rotatable bonds is 6. The highest BCUT2D eigenvalue weighted by atomic mass is 16.5. The second kappa shape index (κ2) is 7.28. The van der Waals surface area contributed by atoms with Crippen LogP contribution < -0.4 is 15.4 Å². The van der Waals surface area contributed by atoms with Crippen LogP contribution in [0.4, 0.5) is 5.88 Å². The van der Waals surface area contributed by atoms with Crippen molar-refractivity contribution in [2.45, 2.75) is 39.8 Å². The first-order chi connectivity index (χ1) is 10.9. The van der Waals surface area contributed by atoms with Crippen molar-refractivity contribution < 1.29 is 14.1 Å². The van der Waals surface area contributed by atoms with Gasteiger partial charge in [-0.1, -0.05) is 22.9 Å². The van der Waals surface area contributed by atoms with E-state index >= 15 is 0 Å². The molecule has 0 aliphatic rings. The summed E-state index contributed by atoms with van der Waals surface area (Å²) >= 11 is 0. The number of carbonyl (C=O) groups is 1. The molecule has 2 N–H and O–H groups in total. The monoisotopic (exact) mass is 317 g/mol. The number of anilines is 1. The van der Waals surface area contributed by atoms with Crippen molar-refractivity contribution in [2.75, 3.05) is 12.4 Å². The van der Waals surface area contributed by atoms with Gasteiger partial charge in [0.15, 0.2) is 0 Å². The van der Waals surface area contributed by atoms with E-state index in [0.717, 1.165) is 22.6 Å². The van der Waals surface area contributed by atoms with E-state index in [4.69, 9.17) is 9.26 Å². The van der Waals surface area contributed by atoms with E-state index in [1.807, 2.05) is 26.0 Å². The SMILES string of the molecule is COc1ccc(C)cc1[C@H](C)N[C@H](C)C(=O)Nc1cc(C)no1. The number of amides is 1. The maximum absolute atomic E-state index is 12.2. The fourth-order valence-electron chi connectivity index (χ4n) is 2.38. The zero-order chi connectivity index (χ0) is 17.0. The van der Waals surface area contributed by atoms with E-state index in [-0.39, 0.29) is 11.9 Å². The predicted octanol–water partition coefficient (Wildman–Crippen LogP) is 2.98. The number of hydrogen-bond donors (Lipinski definition) is 2. The summed E-state index contributed by atoms with van der Waals surface area (Å²) in [5.41, 5.74) is 2.88. The molecule has 0 spiro atoms. The van der Waals surface area contributed by atoms with Gasteiger partial charge in [0.05, 0.1) is 18.8 Å². The molecule has 124 valence electrons. The summed E-state index contributed by atoms with van der Waals surface area (Å²) in [6.07, 6.45) is 0. The normalized spacial score (nSPS) is 13.4. The minimum atomic E-state index is -0.402. The first-order valence-corrected chi connectivity index (χ1v) is 7.55. The van der Waals surface area contributed by atoms with Crippen LogP contribution in [0.5, 0.6) is 5.75 Å². The van der Waals surface area contributed by atoms with Gasteiger partial charge in [-0.3, -0.25) is 15.4 Å². The number of ether oxygens (including phenoxy) is 1. The molecule has 0 saturated heterocycles. The Balaban J connectivity index is 2.02. The standard InChI is InChI=1S/C17H23N3O3/c1-10-6-7-15(22-5)14(8-10)12(3)18-13(4)17(21)19-16-9-11(2)20-23-16/h6-9,12-13,18H,1-5H3,(H,19,21)/t12-,13+/m0/s1. The topological polar surface area (TPSA) is 76.4 Å². The minimum absolute atomic E-state index is 0.0398. The van der Waals surface area contributed by atoms with E-state index in [1.54, 1.807) is 27.0 Å². The van der Waals surface area contributed by atoms with Crippen molar-refractivity contribution in [3.8, 4) is 5.75 Å². The molecule has 1 amide bonds. The fourth-order valence-corrected chi connectivity index (χ4v) is 2.38. The van der Waals surface area contributed by atoms with Gasteiger partial charge in [-0.25, -0.2) is 0 Å². The Morgan fingerprint density at radius 1 is 1.26 bits per heavy atom. The average molecular weight is 317 g/mol. The van der Waals surface area contributed by atoms with E-state index in [0.29, 0.717) is 5.88 Å². The van der Waals surface area contributed by atoms with Gasteiger partial charge in [-0.05, 0) is 33.8 Å². The fraction of sp³-hybridized carbons (Fsp3) is 0.412. The second-order valence-corrected chi connectivity index (χ2v) is 5.68. The molecule has 1 aromatic carbocycles. The van der Waals surface area contributed by atoms with Gasteiger partial charge < -0.3 is 9.26 Å². The molecule has 1 aromatic heterocycles. The van der Waals surface area contributed by atoms with Crippen LogP contribution >= 0.6 is 0 Å². The summed E-state index contributed by atoms with van der Waals surface area (Å²) in [7, 11) is 1.64. The smallest absolute Gasteiger partial charge is 0.243 e. The molecule has 0 aliphatic carbocycles. The third-order valence-electron chi connectivity index (χ3n) is 3.62. The van der Waals surface area contributed by atoms with Crippen LogP contribution in [0.2, 0.25) is 0 Å². The highest BCUT2D eigenvalue weighted by Crippen LogP contribution is 2.26. The zero-order valence-corrected chi connectivity index (χ0v) is 14.1. The molecule has 0 fully saturated rings. The van der Waals surface area contributed by atoms with Crippen LogP contribution in [0.15, 0.2) is 28.8 Å². The minimum Gasteiger partial charge on any atom is -0.496 e. The van der Waals surface area contributed by atoms with Crippen LogP contribution in [0.1, 0.15) is 36.7 Å². The first kappa shape index (κ1) is 17.0. The van der Waals surface area contributed by atoms with Crippen molar-refractivity contribution in [3.05, 3.63) is 41.1 Å². The van der Waals surface area contributed by atoms with E-state index < -0.39 is 6.04 Å². The molecular formula is C17H23N3O3. The van der Waals surface area contributed by atoms with Crippen molar-refractivity contribution in [3.63, 3.8) is 0 Å².